The van der Waals surface area contributed by atoms with Gasteiger partial charge in [-0.15, -0.1) is 0 Å². The number of rotatable bonds is 6. The van der Waals surface area contributed by atoms with Gasteiger partial charge in [0.1, 0.15) is 11.7 Å². The molecule has 2 heterocycles. The molecule has 2 aliphatic heterocycles. The van der Waals surface area contributed by atoms with E-state index in [4.69, 9.17) is 14.7 Å². The number of hydrogen-bond donors (Lipinski definition) is 1. The van der Waals surface area contributed by atoms with E-state index in [-0.39, 0.29) is 5.91 Å². The van der Waals surface area contributed by atoms with Crippen LogP contribution < -0.4 is 14.7 Å². The van der Waals surface area contributed by atoms with Crippen LogP contribution >= 0.6 is 0 Å². The Hall–Kier alpha value is -4.17. The third kappa shape index (κ3) is 3.60. The van der Waals surface area contributed by atoms with Gasteiger partial charge < -0.3 is 9.84 Å². The standard InChI is InChI=1S/C25H20N2O6/c28-20(29)15-32-19-14-8-7-13-18(19)22-21-23(33-27(22)17-11-5-2-6-12-17)25(31)26(24(21)30)16-9-3-1-4-10-16/h1-14,21-23H,15H2,(H,28,29)/t21-,22-,23+/m1/s1. The minimum atomic E-state index is -1.12. The summed E-state index contributed by atoms with van der Waals surface area (Å²) in [4.78, 5) is 45.3. The van der Waals surface area contributed by atoms with Crippen molar-refractivity contribution in [1.29, 1.82) is 0 Å². The number of imide groups is 1. The number of para-hydroxylation sites is 3. The maximum atomic E-state index is 13.6. The van der Waals surface area contributed by atoms with E-state index in [1.807, 2.05) is 36.4 Å². The van der Waals surface area contributed by atoms with Gasteiger partial charge in [0.25, 0.3) is 5.91 Å². The maximum Gasteiger partial charge on any atom is 0.341 e. The number of ether oxygens (including phenoxy) is 1. The van der Waals surface area contributed by atoms with Gasteiger partial charge in [-0.25, -0.2) is 14.8 Å². The van der Waals surface area contributed by atoms with Crippen LogP contribution in [0.2, 0.25) is 0 Å². The van der Waals surface area contributed by atoms with Crippen molar-refractivity contribution >= 4 is 29.2 Å². The van der Waals surface area contributed by atoms with Gasteiger partial charge in [-0.1, -0.05) is 54.6 Å². The predicted molar refractivity (Wildman–Crippen MR) is 119 cm³/mol. The van der Waals surface area contributed by atoms with Crippen LogP contribution in [0, 0.1) is 5.92 Å². The molecule has 0 saturated carbocycles. The summed E-state index contributed by atoms with van der Waals surface area (Å²) in [6.07, 6.45) is -1.02. The molecular weight excluding hydrogens is 424 g/mol. The van der Waals surface area contributed by atoms with Crippen LogP contribution in [-0.2, 0) is 19.2 Å². The number of fused-ring (bicyclic) bond motifs is 1. The molecule has 1 N–H and O–H groups in total. The van der Waals surface area contributed by atoms with Crippen molar-refractivity contribution in [1.82, 2.24) is 0 Å². The minimum absolute atomic E-state index is 0.313. The largest absolute Gasteiger partial charge is 0.482 e. The van der Waals surface area contributed by atoms with E-state index in [2.05, 4.69) is 0 Å². The zero-order valence-electron chi connectivity index (χ0n) is 17.4. The second kappa shape index (κ2) is 8.40. The fraction of sp³-hybridized carbons (Fsp3) is 0.160. The highest BCUT2D eigenvalue weighted by Gasteiger charge is 2.60. The number of amides is 2. The van der Waals surface area contributed by atoms with E-state index in [9.17, 15) is 14.4 Å². The third-order valence-corrected chi connectivity index (χ3v) is 5.73. The van der Waals surface area contributed by atoms with Gasteiger partial charge in [-0.2, -0.15) is 0 Å². The highest BCUT2D eigenvalue weighted by atomic mass is 16.7. The van der Waals surface area contributed by atoms with E-state index < -0.39 is 36.5 Å². The SMILES string of the molecule is O=C(O)COc1ccccc1[C@@H]1[C@H]2C(=O)N(c3ccccc3)C(=O)[C@H]2ON1c1ccccc1. The van der Waals surface area contributed by atoms with E-state index in [1.54, 1.807) is 53.6 Å². The fourth-order valence-electron chi connectivity index (χ4n) is 4.36. The summed E-state index contributed by atoms with van der Waals surface area (Å²) >= 11 is 0. The smallest absolute Gasteiger partial charge is 0.341 e. The molecule has 3 aromatic rings. The number of carbonyl (C=O) groups excluding carboxylic acids is 2. The molecule has 3 aromatic carbocycles. The minimum Gasteiger partial charge on any atom is -0.482 e. The average molecular weight is 444 g/mol. The Morgan fingerprint density at radius 3 is 2.12 bits per heavy atom. The number of carboxylic acid groups (broad SMARTS) is 1. The molecule has 0 bridgehead atoms. The van der Waals surface area contributed by atoms with Crippen molar-refractivity contribution in [3.8, 4) is 5.75 Å². The molecule has 8 nitrogen and oxygen atoms in total. The quantitative estimate of drug-likeness (QED) is 0.583. The Kier molecular flexibility index (Phi) is 5.27. The number of carboxylic acids is 1. The monoisotopic (exact) mass is 444 g/mol. The number of hydroxylamine groups is 1. The lowest BCUT2D eigenvalue weighted by Gasteiger charge is -2.29. The van der Waals surface area contributed by atoms with Crippen molar-refractivity contribution in [3.63, 3.8) is 0 Å². The number of hydrogen-bond acceptors (Lipinski definition) is 6. The molecule has 0 radical (unpaired) electrons. The zero-order chi connectivity index (χ0) is 22.9. The molecule has 5 rings (SSSR count). The summed E-state index contributed by atoms with van der Waals surface area (Å²) in [5, 5.41) is 10.6. The first kappa shape index (κ1) is 20.7. The summed E-state index contributed by atoms with van der Waals surface area (Å²) in [7, 11) is 0. The van der Waals surface area contributed by atoms with E-state index in [0.29, 0.717) is 22.7 Å². The molecule has 8 heteroatoms. The molecule has 0 aromatic heterocycles. The predicted octanol–water partition coefficient (Wildman–Crippen LogP) is 3.20. The maximum absolute atomic E-state index is 13.6. The van der Waals surface area contributed by atoms with Crippen LogP contribution in [0.5, 0.6) is 5.75 Å². The molecule has 2 saturated heterocycles. The van der Waals surface area contributed by atoms with Crippen LogP contribution in [0.25, 0.3) is 0 Å². The summed E-state index contributed by atoms with van der Waals surface area (Å²) in [5.41, 5.74) is 1.70. The zero-order valence-corrected chi connectivity index (χ0v) is 17.4. The van der Waals surface area contributed by atoms with Gasteiger partial charge in [0.15, 0.2) is 12.7 Å². The molecule has 2 amide bonds. The average Bonchev–Trinajstić information content (AvgIpc) is 3.35. The number of nitrogens with zero attached hydrogens (tertiary/aromatic N) is 2. The second-order valence-corrected chi connectivity index (χ2v) is 7.73. The molecule has 166 valence electrons. The van der Waals surface area contributed by atoms with Crippen molar-refractivity contribution in [2.45, 2.75) is 12.1 Å². The number of aliphatic carboxylic acids is 1. The normalized spacial score (nSPS) is 21.9. The summed E-state index contributed by atoms with van der Waals surface area (Å²) in [6.45, 7) is -0.535. The Labute approximate surface area is 189 Å². The van der Waals surface area contributed by atoms with Crippen LogP contribution in [0.3, 0.4) is 0 Å². The van der Waals surface area contributed by atoms with Gasteiger partial charge in [0.05, 0.1) is 17.4 Å². The highest BCUT2D eigenvalue weighted by molar-refractivity contribution is 6.23. The molecule has 2 fully saturated rings. The molecular formula is C25H20N2O6. The lowest BCUT2D eigenvalue weighted by atomic mass is 9.90. The molecule has 3 atom stereocenters. The van der Waals surface area contributed by atoms with Gasteiger partial charge >= 0.3 is 5.97 Å². The Morgan fingerprint density at radius 2 is 1.45 bits per heavy atom. The first-order chi connectivity index (χ1) is 16.1. The Morgan fingerprint density at radius 1 is 0.848 bits per heavy atom. The van der Waals surface area contributed by atoms with Gasteiger partial charge in [0, 0.05) is 5.56 Å². The van der Waals surface area contributed by atoms with E-state index in [1.165, 1.54) is 0 Å². The van der Waals surface area contributed by atoms with Crippen LogP contribution in [0.15, 0.2) is 84.9 Å². The Balaban J connectivity index is 1.60. The molecule has 33 heavy (non-hydrogen) atoms. The lowest BCUT2D eigenvalue weighted by molar-refractivity contribution is -0.139. The van der Waals surface area contributed by atoms with Crippen molar-refractivity contribution in [3.05, 3.63) is 90.5 Å². The summed E-state index contributed by atoms with van der Waals surface area (Å²) < 4.78 is 5.53. The number of carbonyl (C=O) groups is 3. The molecule has 2 aliphatic rings. The summed E-state index contributed by atoms with van der Waals surface area (Å²) in [5.74, 6) is -2.47. The Bertz CT molecular complexity index is 1200. The van der Waals surface area contributed by atoms with Crippen LogP contribution in [0.1, 0.15) is 11.6 Å². The van der Waals surface area contributed by atoms with Gasteiger partial charge in [0.2, 0.25) is 5.91 Å². The van der Waals surface area contributed by atoms with Gasteiger partial charge in [-0.3, -0.25) is 14.4 Å². The molecule has 0 unspecified atom stereocenters. The number of benzene rings is 3. The van der Waals surface area contributed by atoms with E-state index in [0.717, 1.165) is 4.90 Å². The van der Waals surface area contributed by atoms with Crippen molar-refractivity contribution < 1.29 is 29.1 Å². The first-order valence-corrected chi connectivity index (χ1v) is 10.4. The third-order valence-electron chi connectivity index (χ3n) is 5.73. The fourth-order valence-corrected chi connectivity index (χ4v) is 4.36. The topological polar surface area (TPSA) is 96.4 Å². The summed E-state index contributed by atoms with van der Waals surface area (Å²) in [6, 6.07) is 24.1. The molecule has 0 aliphatic carbocycles. The molecule has 0 spiro atoms. The van der Waals surface area contributed by atoms with Crippen LogP contribution in [0.4, 0.5) is 11.4 Å². The van der Waals surface area contributed by atoms with Crippen molar-refractivity contribution in [2.24, 2.45) is 5.92 Å². The van der Waals surface area contributed by atoms with Gasteiger partial charge in [-0.05, 0) is 30.3 Å². The van der Waals surface area contributed by atoms with Crippen molar-refractivity contribution in [2.75, 3.05) is 16.6 Å². The first-order valence-electron chi connectivity index (χ1n) is 10.4. The van der Waals surface area contributed by atoms with Crippen LogP contribution in [-0.4, -0.2) is 35.6 Å². The highest BCUT2D eigenvalue weighted by Crippen LogP contribution is 2.49. The second-order valence-electron chi connectivity index (χ2n) is 7.73. The number of anilines is 2. The lowest BCUT2D eigenvalue weighted by Crippen LogP contribution is -2.37. The van der Waals surface area contributed by atoms with E-state index >= 15 is 0 Å².